The zero-order chi connectivity index (χ0) is 16.8. The highest BCUT2D eigenvalue weighted by Gasteiger charge is 2.31. The van der Waals surface area contributed by atoms with Crippen LogP contribution in [-0.4, -0.2) is 69.0 Å². The van der Waals surface area contributed by atoms with Crippen molar-refractivity contribution >= 4 is 39.8 Å². The maximum absolute atomic E-state index is 11.5. The summed E-state index contributed by atoms with van der Waals surface area (Å²) >= 11 is 0. The van der Waals surface area contributed by atoms with E-state index in [2.05, 4.69) is 41.3 Å². The molecular formula is C15H33IN4O2S. The van der Waals surface area contributed by atoms with Crippen molar-refractivity contribution in [2.75, 3.05) is 37.7 Å². The highest BCUT2D eigenvalue weighted by Crippen LogP contribution is 2.18. The first-order chi connectivity index (χ1) is 10.3. The fourth-order valence-corrected chi connectivity index (χ4v) is 3.21. The molecule has 0 aromatic carbocycles. The second kappa shape index (κ2) is 10.7. The molecule has 0 amide bonds. The molecule has 1 aliphatic rings. The first-order valence-electron chi connectivity index (χ1n) is 8.28. The fourth-order valence-electron chi connectivity index (χ4n) is 2.55. The number of hydrogen-bond acceptors (Lipinski definition) is 4. The monoisotopic (exact) mass is 460 g/mol. The number of sulfone groups is 1. The molecule has 0 saturated carbocycles. The number of nitrogens with zero attached hydrogens (tertiary/aromatic N) is 2. The Morgan fingerprint density at radius 1 is 1.30 bits per heavy atom. The SMILES string of the molecule is CCNC(=NCCS(=O)(=O)CC)NC1CN(C(C)C)CC1C.I. The van der Waals surface area contributed by atoms with Gasteiger partial charge in [0.25, 0.3) is 0 Å². The van der Waals surface area contributed by atoms with Gasteiger partial charge >= 0.3 is 0 Å². The maximum atomic E-state index is 11.5. The minimum absolute atomic E-state index is 0. The predicted molar refractivity (Wildman–Crippen MR) is 109 cm³/mol. The molecule has 1 aliphatic heterocycles. The second-order valence-electron chi connectivity index (χ2n) is 6.27. The molecule has 0 aromatic heterocycles. The third kappa shape index (κ3) is 8.02. The summed E-state index contributed by atoms with van der Waals surface area (Å²) < 4.78 is 23.1. The van der Waals surface area contributed by atoms with Crippen LogP contribution in [0.5, 0.6) is 0 Å². The van der Waals surface area contributed by atoms with Gasteiger partial charge in [-0.15, -0.1) is 24.0 Å². The summed E-state index contributed by atoms with van der Waals surface area (Å²) in [5.74, 6) is 1.55. The summed E-state index contributed by atoms with van der Waals surface area (Å²) in [6.45, 7) is 13.5. The fraction of sp³-hybridized carbons (Fsp3) is 0.933. The van der Waals surface area contributed by atoms with Crippen molar-refractivity contribution in [1.29, 1.82) is 0 Å². The van der Waals surface area contributed by atoms with E-state index in [1.807, 2.05) is 6.92 Å². The number of rotatable bonds is 7. The molecule has 1 rings (SSSR count). The molecule has 6 nitrogen and oxygen atoms in total. The summed E-state index contributed by atoms with van der Waals surface area (Å²) in [4.78, 5) is 6.86. The van der Waals surface area contributed by atoms with Gasteiger partial charge in [-0.2, -0.15) is 0 Å². The van der Waals surface area contributed by atoms with Crippen LogP contribution in [0.15, 0.2) is 4.99 Å². The average molecular weight is 460 g/mol. The van der Waals surface area contributed by atoms with E-state index in [9.17, 15) is 8.42 Å². The highest BCUT2D eigenvalue weighted by atomic mass is 127. The van der Waals surface area contributed by atoms with Gasteiger partial charge < -0.3 is 10.6 Å². The van der Waals surface area contributed by atoms with E-state index in [1.165, 1.54) is 0 Å². The first-order valence-corrected chi connectivity index (χ1v) is 10.1. The molecule has 2 atom stereocenters. The maximum Gasteiger partial charge on any atom is 0.191 e. The summed E-state index contributed by atoms with van der Waals surface area (Å²) in [5, 5.41) is 6.66. The van der Waals surface area contributed by atoms with E-state index in [0.29, 0.717) is 24.5 Å². The minimum atomic E-state index is -2.96. The van der Waals surface area contributed by atoms with E-state index in [4.69, 9.17) is 0 Å². The van der Waals surface area contributed by atoms with E-state index in [-0.39, 0.29) is 35.5 Å². The molecule has 23 heavy (non-hydrogen) atoms. The smallest absolute Gasteiger partial charge is 0.191 e. The number of nitrogens with one attached hydrogen (secondary N) is 2. The largest absolute Gasteiger partial charge is 0.357 e. The van der Waals surface area contributed by atoms with Crippen LogP contribution < -0.4 is 10.6 Å². The Morgan fingerprint density at radius 3 is 2.43 bits per heavy atom. The van der Waals surface area contributed by atoms with Crippen molar-refractivity contribution in [2.24, 2.45) is 10.9 Å². The Morgan fingerprint density at radius 2 is 1.96 bits per heavy atom. The summed E-state index contributed by atoms with van der Waals surface area (Å²) in [5.41, 5.74) is 0. The zero-order valence-corrected chi connectivity index (χ0v) is 18.1. The first kappa shape index (κ1) is 22.9. The number of guanidine groups is 1. The molecular weight excluding hydrogens is 427 g/mol. The van der Waals surface area contributed by atoms with Crippen molar-refractivity contribution in [2.45, 2.75) is 46.7 Å². The molecule has 0 bridgehead atoms. The lowest BCUT2D eigenvalue weighted by Crippen LogP contribution is -2.47. The Hall–Kier alpha value is -0.0900. The molecule has 0 aromatic rings. The lowest BCUT2D eigenvalue weighted by Gasteiger charge is -2.21. The van der Waals surface area contributed by atoms with Crippen molar-refractivity contribution < 1.29 is 8.42 Å². The number of halogens is 1. The van der Waals surface area contributed by atoms with Crippen LogP contribution in [0, 0.1) is 5.92 Å². The Kier molecular flexibility index (Phi) is 10.7. The van der Waals surface area contributed by atoms with Crippen LogP contribution in [0.25, 0.3) is 0 Å². The standard InChI is InChI=1S/C15H32N4O2S.HI/c1-6-16-15(17-8-9-22(20,21)7-2)18-14-11-19(12(3)4)10-13(14)5;/h12-14H,6-11H2,1-5H3,(H2,16,17,18);1H. The molecule has 2 unspecified atom stereocenters. The Bertz CT molecular complexity index is 468. The number of hydrogen-bond donors (Lipinski definition) is 2. The van der Waals surface area contributed by atoms with Gasteiger partial charge in [-0.1, -0.05) is 13.8 Å². The van der Waals surface area contributed by atoms with Gasteiger partial charge in [-0.3, -0.25) is 9.89 Å². The molecule has 1 saturated heterocycles. The van der Waals surface area contributed by atoms with Gasteiger partial charge in [-0.25, -0.2) is 8.42 Å². The molecule has 138 valence electrons. The van der Waals surface area contributed by atoms with Gasteiger partial charge in [0.05, 0.1) is 12.3 Å². The van der Waals surface area contributed by atoms with Crippen LogP contribution in [0.1, 0.15) is 34.6 Å². The lowest BCUT2D eigenvalue weighted by molar-refractivity contribution is 0.265. The minimum Gasteiger partial charge on any atom is -0.357 e. The normalized spacial score (nSPS) is 23.0. The third-order valence-electron chi connectivity index (χ3n) is 4.15. The van der Waals surface area contributed by atoms with Gasteiger partial charge in [0.1, 0.15) is 0 Å². The molecule has 1 heterocycles. The molecule has 8 heteroatoms. The van der Waals surface area contributed by atoms with E-state index in [1.54, 1.807) is 6.92 Å². The van der Waals surface area contributed by atoms with Gasteiger partial charge in [0.2, 0.25) is 0 Å². The summed E-state index contributed by atoms with van der Waals surface area (Å²) in [6, 6.07) is 0.895. The third-order valence-corrected chi connectivity index (χ3v) is 5.83. The van der Waals surface area contributed by atoms with Crippen molar-refractivity contribution in [3.8, 4) is 0 Å². The van der Waals surface area contributed by atoms with Gasteiger partial charge in [0.15, 0.2) is 15.8 Å². The quantitative estimate of drug-likeness (QED) is 0.341. The van der Waals surface area contributed by atoms with Crippen LogP contribution in [0.3, 0.4) is 0 Å². The van der Waals surface area contributed by atoms with E-state index in [0.717, 1.165) is 25.6 Å². The topological polar surface area (TPSA) is 73.8 Å². The van der Waals surface area contributed by atoms with E-state index >= 15 is 0 Å². The van der Waals surface area contributed by atoms with Crippen molar-refractivity contribution in [3.05, 3.63) is 0 Å². The average Bonchev–Trinajstić information content (AvgIpc) is 2.80. The lowest BCUT2D eigenvalue weighted by atomic mass is 10.1. The van der Waals surface area contributed by atoms with E-state index < -0.39 is 9.84 Å². The van der Waals surface area contributed by atoms with Crippen LogP contribution in [0.2, 0.25) is 0 Å². The number of aliphatic imine (C=N–C) groups is 1. The molecule has 0 aliphatic carbocycles. The van der Waals surface area contributed by atoms with Gasteiger partial charge in [-0.05, 0) is 26.7 Å². The summed E-state index contributed by atoms with van der Waals surface area (Å²) in [6.07, 6.45) is 0. The molecule has 0 spiro atoms. The van der Waals surface area contributed by atoms with Crippen molar-refractivity contribution in [1.82, 2.24) is 15.5 Å². The Balaban J connectivity index is 0.00000484. The molecule has 0 radical (unpaired) electrons. The molecule has 1 fully saturated rings. The summed E-state index contributed by atoms with van der Waals surface area (Å²) in [7, 11) is -2.96. The van der Waals surface area contributed by atoms with Crippen molar-refractivity contribution in [3.63, 3.8) is 0 Å². The number of likely N-dealkylation sites (tertiary alicyclic amines) is 1. The van der Waals surface area contributed by atoms with Crippen LogP contribution in [0.4, 0.5) is 0 Å². The van der Waals surface area contributed by atoms with Crippen LogP contribution >= 0.6 is 24.0 Å². The predicted octanol–water partition coefficient (Wildman–Crippen LogP) is 1.32. The highest BCUT2D eigenvalue weighted by molar-refractivity contribution is 14.0. The second-order valence-corrected chi connectivity index (χ2v) is 8.75. The molecule has 2 N–H and O–H groups in total. The van der Waals surface area contributed by atoms with Gasteiger partial charge in [0, 0.05) is 37.5 Å². The van der Waals surface area contributed by atoms with Crippen LogP contribution in [-0.2, 0) is 9.84 Å². The zero-order valence-electron chi connectivity index (χ0n) is 15.0. The Labute approximate surface area is 158 Å².